The zero-order valence-corrected chi connectivity index (χ0v) is 11.2. The van der Waals surface area contributed by atoms with Gasteiger partial charge in [-0.05, 0) is 31.7 Å². The number of hydrogen-bond donors (Lipinski definition) is 1. The first kappa shape index (κ1) is 13.8. The number of carbonyl (C=O) groups is 1. The van der Waals surface area contributed by atoms with Gasteiger partial charge in [-0.1, -0.05) is 13.8 Å². The highest BCUT2D eigenvalue weighted by Gasteiger charge is 2.39. The van der Waals surface area contributed by atoms with E-state index in [9.17, 15) is 4.79 Å². The van der Waals surface area contributed by atoms with Crippen molar-refractivity contribution in [2.24, 2.45) is 11.8 Å². The molecule has 0 aromatic heterocycles. The van der Waals surface area contributed by atoms with Gasteiger partial charge in [-0.15, -0.1) is 12.4 Å². The van der Waals surface area contributed by atoms with Gasteiger partial charge in [0.2, 0.25) is 5.91 Å². The molecular weight excluding hydrogens is 224 g/mol. The summed E-state index contributed by atoms with van der Waals surface area (Å²) in [5, 5.41) is 3.45. The van der Waals surface area contributed by atoms with E-state index in [0.717, 1.165) is 13.0 Å². The van der Waals surface area contributed by atoms with E-state index >= 15 is 0 Å². The lowest BCUT2D eigenvalue weighted by molar-refractivity contribution is -0.135. The smallest absolute Gasteiger partial charge is 0.227 e. The Morgan fingerprint density at radius 2 is 1.94 bits per heavy atom. The molecule has 1 saturated heterocycles. The molecule has 0 bridgehead atoms. The molecule has 1 aliphatic carbocycles. The molecule has 94 valence electrons. The van der Waals surface area contributed by atoms with E-state index in [2.05, 4.69) is 19.2 Å². The van der Waals surface area contributed by atoms with Crippen molar-refractivity contribution in [1.82, 2.24) is 10.2 Å². The second kappa shape index (κ2) is 5.37. The molecule has 2 unspecified atom stereocenters. The molecule has 1 heterocycles. The number of nitrogens with one attached hydrogen (secondary N) is 1. The van der Waals surface area contributed by atoms with Gasteiger partial charge in [0, 0.05) is 19.1 Å². The van der Waals surface area contributed by atoms with Crippen LogP contribution in [0.15, 0.2) is 0 Å². The number of halogens is 1. The second-order valence-electron chi connectivity index (χ2n) is 5.30. The third kappa shape index (κ3) is 2.69. The van der Waals surface area contributed by atoms with Crippen molar-refractivity contribution in [2.75, 3.05) is 13.6 Å². The molecule has 0 aromatic rings. The normalized spacial score (nSPS) is 29.0. The van der Waals surface area contributed by atoms with Crippen LogP contribution in [0.4, 0.5) is 0 Å². The van der Waals surface area contributed by atoms with E-state index in [0.29, 0.717) is 23.9 Å². The summed E-state index contributed by atoms with van der Waals surface area (Å²) in [4.78, 5) is 14.2. The summed E-state index contributed by atoms with van der Waals surface area (Å²) in [5.41, 5.74) is 0. The lowest BCUT2D eigenvalue weighted by Crippen LogP contribution is -2.42. The first-order valence-corrected chi connectivity index (χ1v) is 6.11. The molecule has 2 fully saturated rings. The third-order valence-corrected chi connectivity index (χ3v) is 3.75. The van der Waals surface area contributed by atoms with Gasteiger partial charge in [0.25, 0.3) is 0 Å². The van der Waals surface area contributed by atoms with E-state index in [1.807, 2.05) is 11.9 Å². The summed E-state index contributed by atoms with van der Waals surface area (Å²) in [5.74, 6) is 1.13. The molecule has 2 atom stereocenters. The van der Waals surface area contributed by atoms with Crippen LogP contribution in [0.3, 0.4) is 0 Å². The molecular formula is C12H23ClN2O. The fraction of sp³-hybridized carbons (Fsp3) is 0.917. The van der Waals surface area contributed by atoms with Gasteiger partial charge in [0.15, 0.2) is 0 Å². The Balaban J connectivity index is 0.00000128. The van der Waals surface area contributed by atoms with Crippen LogP contribution in [-0.4, -0.2) is 36.5 Å². The quantitative estimate of drug-likeness (QED) is 0.822. The Morgan fingerprint density at radius 3 is 2.44 bits per heavy atom. The standard InChI is InChI=1S/C12H22N2O.ClH/c1-8(2)11-10(6-7-13-11)12(15)14(3)9-4-5-9;/h8-11,13H,4-7H2,1-3H3;1H. The predicted octanol–water partition coefficient (Wildman–Crippen LogP) is 1.66. The molecule has 2 rings (SSSR count). The van der Waals surface area contributed by atoms with Crippen LogP contribution in [0.25, 0.3) is 0 Å². The highest BCUT2D eigenvalue weighted by atomic mass is 35.5. The van der Waals surface area contributed by atoms with Gasteiger partial charge in [-0.3, -0.25) is 4.79 Å². The minimum absolute atomic E-state index is 0. The lowest BCUT2D eigenvalue weighted by atomic mass is 9.90. The Labute approximate surface area is 104 Å². The average molecular weight is 247 g/mol. The van der Waals surface area contributed by atoms with E-state index in [1.165, 1.54) is 12.8 Å². The minimum atomic E-state index is 0. The van der Waals surface area contributed by atoms with Gasteiger partial charge in [0.05, 0.1) is 5.92 Å². The molecule has 1 aliphatic heterocycles. The van der Waals surface area contributed by atoms with Crippen LogP contribution in [-0.2, 0) is 4.79 Å². The summed E-state index contributed by atoms with van der Waals surface area (Å²) in [6, 6.07) is 0.935. The minimum Gasteiger partial charge on any atom is -0.342 e. The van der Waals surface area contributed by atoms with Gasteiger partial charge in [-0.2, -0.15) is 0 Å². The summed E-state index contributed by atoms with van der Waals surface area (Å²) in [6.07, 6.45) is 3.42. The average Bonchev–Trinajstić information content (AvgIpc) is 2.92. The van der Waals surface area contributed by atoms with Crippen LogP contribution >= 0.6 is 12.4 Å². The Kier molecular flexibility index (Phi) is 4.62. The maximum atomic E-state index is 12.2. The topological polar surface area (TPSA) is 32.3 Å². The van der Waals surface area contributed by atoms with Crippen molar-refractivity contribution in [3.05, 3.63) is 0 Å². The zero-order chi connectivity index (χ0) is 11.0. The summed E-state index contributed by atoms with van der Waals surface area (Å²) >= 11 is 0. The third-order valence-electron chi connectivity index (χ3n) is 3.75. The SMILES string of the molecule is CC(C)C1NCCC1C(=O)N(C)C1CC1.Cl. The number of hydrogen-bond acceptors (Lipinski definition) is 2. The number of carbonyl (C=O) groups excluding carboxylic acids is 1. The molecule has 2 aliphatic rings. The van der Waals surface area contributed by atoms with Gasteiger partial charge >= 0.3 is 0 Å². The van der Waals surface area contributed by atoms with Crippen molar-refractivity contribution in [3.63, 3.8) is 0 Å². The first-order valence-electron chi connectivity index (χ1n) is 6.11. The highest BCUT2D eigenvalue weighted by Crippen LogP contribution is 2.30. The van der Waals surface area contributed by atoms with Crippen molar-refractivity contribution >= 4 is 18.3 Å². The molecule has 1 saturated carbocycles. The molecule has 1 N–H and O–H groups in total. The Hall–Kier alpha value is -0.280. The predicted molar refractivity (Wildman–Crippen MR) is 67.8 cm³/mol. The Bertz CT molecular complexity index is 253. The van der Waals surface area contributed by atoms with Crippen LogP contribution in [0.2, 0.25) is 0 Å². The van der Waals surface area contributed by atoms with Crippen LogP contribution in [0.1, 0.15) is 33.1 Å². The molecule has 0 radical (unpaired) electrons. The van der Waals surface area contributed by atoms with Crippen molar-refractivity contribution in [1.29, 1.82) is 0 Å². The van der Waals surface area contributed by atoms with Gasteiger partial charge in [-0.25, -0.2) is 0 Å². The van der Waals surface area contributed by atoms with Crippen LogP contribution in [0.5, 0.6) is 0 Å². The first-order chi connectivity index (χ1) is 7.11. The number of rotatable bonds is 3. The largest absolute Gasteiger partial charge is 0.342 e. The maximum absolute atomic E-state index is 12.2. The van der Waals surface area contributed by atoms with Gasteiger partial charge < -0.3 is 10.2 Å². The maximum Gasteiger partial charge on any atom is 0.227 e. The van der Waals surface area contributed by atoms with Crippen LogP contribution in [0, 0.1) is 11.8 Å². The van der Waals surface area contributed by atoms with E-state index in [-0.39, 0.29) is 18.3 Å². The molecule has 3 nitrogen and oxygen atoms in total. The lowest BCUT2D eigenvalue weighted by Gasteiger charge is -2.27. The number of nitrogens with zero attached hydrogens (tertiary/aromatic N) is 1. The molecule has 16 heavy (non-hydrogen) atoms. The molecule has 0 aromatic carbocycles. The van der Waals surface area contributed by atoms with E-state index < -0.39 is 0 Å². The highest BCUT2D eigenvalue weighted by molar-refractivity contribution is 5.85. The summed E-state index contributed by atoms with van der Waals surface area (Å²) < 4.78 is 0. The van der Waals surface area contributed by atoms with Gasteiger partial charge in [0.1, 0.15) is 0 Å². The second-order valence-corrected chi connectivity index (χ2v) is 5.30. The summed E-state index contributed by atoms with van der Waals surface area (Å²) in [7, 11) is 1.97. The van der Waals surface area contributed by atoms with Crippen LogP contribution < -0.4 is 5.32 Å². The Morgan fingerprint density at radius 1 is 1.31 bits per heavy atom. The van der Waals surface area contributed by atoms with Crippen molar-refractivity contribution in [3.8, 4) is 0 Å². The fourth-order valence-corrected chi connectivity index (χ4v) is 2.61. The zero-order valence-electron chi connectivity index (χ0n) is 10.4. The van der Waals surface area contributed by atoms with E-state index in [1.54, 1.807) is 0 Å². The molecule has 0 spiro atoms. The monoisotopic (exact) mass is 246 g/mol. The summed E-state index contributed by atoms with van der Waals surface area (Å²) in [6.45, 7) is 5.39. The van der Waals surface area contributed by atoms with E-state index in [4.69, 9.17) is 0 Å². The molecule has 4 heteroatoms. The van der Waals surface area contributed by atoms with Crippen molar-refractivity contribution in [2.45, 2.75) is 45.2 Å². The number of amides is 1. The van der Waals surface area contributed by atoms with Crippen molar-refractivity contribution < 1.29 is 4.79 Å². The fourth-order valence-electron chi connectivity index (χ4n) is 2.61. The molecule has 1 amide bonds.